The molecular weight excluding hydrogens is 316 g/mol. The van der Waals surface area contributed by atoms with Crippen molar-refractivity contribution in [3.05, 3.63) is 29.8 Å². The summed E-state index contributed by atoms with van der Waals surface area (Å²) in [6.45, 7) is 5.05. The maximum atomic E-state index is 12.3. The lowest BCUT2D eigenvalue weighted by Crippen LogP contribution is -2.39. The molecule has 0 radical (unpaired) electrons. The molecule has 3 nitrogen and oxygen atoms in total. The summed E-state index contributed by atoms with van der Waals surface area (Å²) in [7, 11) is 2.00. The number of hydrogen-bond acceptors (Lipinski definition) is 3. The highest BCUT2D eigenvalue weighted by Crippen LogP contribution is 2.24. The molecule has 2 rings (SSSR count). The molecule has 1 heterocycles. The third-order valence-electron chi connectivity index (χ3n) is 4.21. The molecular formula is C17H27ClN2OS. The van der Waals surface area contributed by atoms with Crippen molar-refractivity contribution >= 4 is 30.1 Å². The molecule has 5 heteroatoms. The van der Waals surface area contributed by atoms with Crippen molar-refractivity contribution in [3.8, 4) is 0 Å². The number of aryl methyl sites for hydroxylation is 1. The van der Waals surface area contributed by atoms with Crippen LogP contribution in [0.2, 0.25) is 0 Å². The van der Waals surface area contributed by atoms with Crippen LogP contribution in [-0.2, 0) is 4.79 Å². The van der Waals surface area contributed by atoms with Gasteiger partial charge >= 0.3 is 0 Å². The second-order valence-corrected chi connectivity index (χ2v) is 6.79. The first-order valence-electron chi connectivity index (χ1n) is 7.81. The number of piperidine rings is 1. The van der Waals surface area contributed by atoms with Crippen LogP contribution in [0.1, 0.15) is 24.8 Å². The number of carbonyl (C=O) groups is 1. The largest absolute Gasteiger partial charge is 0.342 e. The smallest absolute Gasteiger partial charge is 0.232 e. The monoisotopic (exact) mass is 342 g/mol. The molecule has 0 atom stereocenters. The zero-order chi connectivity index (χ0) is 15.1. The molecule has 0 aliphatic carbocycles. The Bertz CT molecular complexity index is 462. The molecule has 124 valence electrons. The van der Waals surface area contributed by atoms with Crippen LogP contribution in [0.15, 0.2) is 29.2 Å². The van der Waals surface area contributed by atoms with E-state index in [2.05, 4.69) is 24.4 Å². The summed E-state index contributed by atoms with van der Waals surface area (Å²) in [5, 5.41) is 3.21. The number of nitrogens with one attached hydrogen (secondary N) is 1. The molecule has 0 spiro atoms. The van der Waals surface area contributed by atoms with Crippen molar-refractivity contribution < 1.29 is 4.79 Å². The van der Waals surface area contributed by atoms with E-state index in [0.29, 0.717) is 5.75 Å². The lowest BCUT2D eigenvalue weighted by molar-refractivity contribution is -0.129. The zero-order valence-corrected chi connectivity index (χ0v) is 15.1. The SMILES string of the molecule is CNCCC1CCN(C(=O)CSc2ccccc2C)CC1.Cl. The highest BCUT2D eigenvalue weighted by Gasteiger charge is 2.22. The highest BCUT2D eigenvalue weighted by atomic mass is 35.5. The fraction of sp³-hybridized carbons (Fsp3) is 0.588. The predicted octanol–water partition coefficient (Wildman–Crippen LogP) is 3.36. The van der Waals surface area contributed by atoms with Gasteiger partial charge in [0.1, 0.15) is 0 Å². The van der Waals surface area contributed by atoms with Gasteiger partial charge in [-0.15, -0.1) is 24.2 Å². The van der Waals surface area contributed by atoms with Gasteiger partial charge in [0.15, 0.2) is 0 Å². The van der Waals surface area contributed by atoms with Crippen LogP contribution >= 0.6 is 24.2 Å². The van der Waals surface area contributed by atoms with Crippen LogP contribution in [0.5, 0.6) is 0 Å². The predicted molar refractivity (Wildman–Crippen MR) is 97.0 cm³/mol. The van der Waals surface area contributed by atoms with Gasteiger partial charge in [0, 0.05) is 18.0 Å². The molecule has 1 aromatic rings. The summed E-state index contributed by atoms with van der Waals surface area (Å²) in [6, 6.07) is 8.27. The Morgan fingerprint density at radius 1 is 1.32 bits per heavy atom. The van der Waals surface area contributed by atoms with Gasteiger partial charge in [-0.05, 0) is 57.3 Å². The quantitative estimate of drug-likeness (QED) is 0.804. The maximum Gasteiger partial charge on any atom is 0.232 e. The Morgan fingerprint density at radius 2 is 2.00 bits per heavy atom. The number of rotatable bonds is 6. The van der Waals surface area contributed by atoms with Crippen molar-refractivity contribution in [2.45, 2.75) is 31.1 Å². The first-order valence-corrected chi connectivity index (χ1v) is 8.80. The normalized spacial score (nSPS) is 15.5. The van der Waals surface area contributed by atoms with Gasteiger partial charge in [-0.1, -0.05) is 18.2 Å². The Hall–Kier alpha value is -0.710. The van der Waals surface area contributed by atoms with Crippen LogP contribution in [0.25, 0.3) is 0 Å². The summed E-state index contributed by atoms with van der Waals surface area (Å²) < 4.78 is 0. The topological polar surface area (TPSA) is 32.3 Å². The fourth-order valence-electron chi connectivity index (χ4n) is 2.77. The van der Waals surface area contributed by atoms with E-state index in [0.717, 1.165) is 38.4 Å². The van der Waals surface area contributed by atoms with Crippen LogP contribution in [-0.4, -0.2) is 43.2 Å². The Morgan fingerprint density at radius 3 is 2.64 bits per heavy atom. The van der Waals surface area contributed by atoms with E-state index < -0.39 is 0 Å². The average Bonchev–Trinajstić information content (AvgIpc) is 2.52. The maximum absolute atomic E-state index is 12.3. The minimum Gasteiger partial charge on any atom is -0.342 e. The summed E-state index contributed by atoms with van der Waals surface area (Å²) in [6.07, 6.45) is 3.54. The second-order valence-electron chi connectivity index (χ2n) is 5.77. The molecule has 1 aliphatic heterocycles. The second kappa shape index (κ2) is 10.1. The van der Waals surface area contributed by atoms with Crippen molar-refractivity contribution in [1.82, 2.24) is 10.2 Å². The number of carbonyl (C=O) groups excluding carboxylic acids is 1. The van der Waals surface area contributed by atoms with Gasteiger partial charge in [0.05, 0.1) is 5.75 Å². The minimum absolute atomic E-state index is 0. The van der Waals surface area contributed by atoms with Gasteiger partial charge in [-0.3, -0.25) is 4.79 Å². The van der Waals surface area contributed by atoms with E-state index in [-0.39, 0.29) is 18.3 Å². The highest BCUT2D eigenvalue weighted by molar-refractivity contribution is 8.00. The first kappa shape index (κ1) is 19.3. The van der Waals surface area contributed by atoms with Gasteiger partial charge < -0.3 is 10.2 Å². The molecule has 0 bridgehead atoms. The fourth-order valence-corrected chi connectivity index (χ4v) is 3.70. The molecule has 1 aliphatic rings. The molecule has 0 unspecified atom stereocenters. The number of thioether (sulfide) groups is 1. The molecule has 0 saturated carbocycles. The Balaban J connectivity index is 0.00000242. The van der Waals surface area contributed by atoms with Gasteiger partial charge in [-0.2, -0.15) is 0 Å². The van der Waals surface area contributed by atoms with Gasteiger partial charge in [0.25, 0.3) is 0 Å². The van der Waals surface area contributed by atoms with Crippen molar-refractivity contribution in [2.24, 2.45) is 5.92 Å². The van der Waals surface area contributed by atoms with Crippen LogP contribution in [0.4, 0.5) is 0 Å². The summed E-state index contributed by atoms with van der Waals surface area (Å²) in [4.78, 5) is 15.6. The Kier molecular flexibility index (Phi) is 8.91. The van der Waals surface area contributed by atoms with Crippen molar-refractivity contribution in [2.75, 3.05) is 32.4 Å². The van der Waals surface area contributed by atoms with Crippen LogP contribution < -0.4 is 5.32 Å². The number of amides is 1. The molecule has 0 aromatic heterocycles. The number of hydrogen-bond donors (Lipinski definition) is 1. The number of likely N-dealkylation sites (tertiary alicyclic amines) is 1. The molecule has 1 N–H and O–H groups in total. The van der Waals surface area contributed by atoms with Crippen LogP contribution in [0.3, 0.4) is 0 Å². The zero-order valence-electron chi connectivity index (χ0n) is 13.5. The van der Waals surface area contributed by atoms with Crippen molar-refractivity contribution in [1.29, 1.82) is 0 Å². The third kappa shape index (κ3) is 5.82. The lowest BCUT2D eigenvalue weighted by atomic mass is 9.93. The first-order chi connectivity index (χ1) is 10.2. The number of halogens is 1. The summed E-state index contributed by atoms with van der Waals surface area (Å²) in [5.41, 5.74) is 1.25. The van der Waals surface area contributed by atoms with E-state index in [1.54, 1.807) is 11.8 Å². The summed E-state index contributed by atoms with van der Waals surface area (Å²) >= 11 is 1.66. The molecule has 1 amide bonds. The Labute approximate surface area is 144 Å². The molecule has 1 fully saturated rings. The molecule has 1 saturated heterocycles. The van der Waals surface area contributed by atoms with Gasteiger partial charge in [0.2, 0.25) is 5.91 Å². The van der Waals surface area contributed by atoms with E-state index in [1.807, 2.05) is 24.1 Å². The van der Waals surface area contributed by atoms with E-state index >= 15 is 0 Å². The van der Waals surface area contributed by atoms with Crippen LogP contribution in [0, 0.1) is 12.8 Å². The minimum atomic E-state index is 0. The molecule has 1 aromatic carbocycles. The standard InChI is InChI=1S/C17H26N2OS.ClH/c1-14-5-3-4-6-16(14)21-13-17(20)19-11-8-15(9-12-19)7-10-18-2;/h3-6,15,18H,7-13H2,1-2H3;1H. The van der Waals surface area contributed by atoms with Gasteiger partial charge in [-0.25, -0.2) is 0 Å². The van der Waals surface area contributed by atoms with Crippen molar-refractivity contribution in [3.63, 3.8) is 0 Å². The summed E-state index contributed by atoms with van der Waals surface area (Å²) in [5.74, 6) is 1.63. The van der Waals surface area contributed by atoms with E-state index in [4.69, 9.17) is 0 Å². The van der Waals surface area contributed by atoms with E-state index in [1.165, 1.54) is 16.9 Å². The third-order valence-corrected chi connectivity index (χ3v) is 5.37. The lowest BCUT2D eigenvalue weighted by Gasteiger charge is -2.32. The molecule has 22 heavy (non-hydrogen) atoms. The number of benzene rings is 1. The number of nitrogens with zero attached hydrogens (tertiary/aromatic N) is 1. The van der Waals surface area contributed by atoms with E-state index in [9.17, 15) is 4.79 Å². The average molecular weight is 343 g/mol.